The molecule has 1 aliphatic carbocycles. The molecule has 202 valence electrons. The topological polar surface area (TPSA) is 46.2 Å². The average molecular weight is 517 g/mol. The van der Waals surface area contributed by atoms with Crippen molar-refractivity contribution in [2.24, 2.45) is 0 Å². The number of hydrogen-bond donors (Lipinski definition) is 0. The van der Waals surface area contributed by atoms with Gasteiger partial charge in [-0.1, -0.05) is 110 Å². The van der Waals surface area contributed by atoms with Gasteiger partial charge in [-0.2, -0.15) is 0 Å². The first kappa shape index (κ1) is 27.0. The average Bonchev–Trinajstić information content (AvgIpc) is 2.97. The normalized spacial score (nSPS) is 26.3. The van der Waals surface area contributed by atoms with Crippen molar-refractivity contribution >= 4 is 0 Å². The zero-order chi connectivity index (χ0) is 26.0. The van der Waals surface area contributed by atoms with E-state index in [1.165, 1.54) is 19.3 Å². The molecule has 0 amide bonds. The van der Waals surface area contributed by atoms with Gasteiger partial charge in [0.05, 0.1) is 32.0 Å². The van der Waals surface area contributed by atoms with Gasteiger partial charge in [0.15, 0.2) is 6.29 Å². The molecule has 3 aromatic carbocycles. The van der Waals surface area contributed by atoms with E-state index >= 15 is 0 Å². The molecule has 1 aliphatic heterocycles. The first-order valence-electron chi connectivity index (χ1n) is 14.0. The van der Waals surface area contributed by atoms with Crippen LogP contribution in [0.2, 0.25) is 0 Å². The Labute approximate surface area is 227 Å². The minimum absolute atomic E-state index is 0.181. The lowest BCUT2D eigenvalue weighted by Crippen LogP contribution is -2.60. The predicted molar refractivity (Wildman–Crippen MR) is 147 cm³/mol. The molecule has 5 nitrogen and oxygen atoms in total. The Hall–Kier alpha value is -2.54. The van der Waals surface area contributed by atoms with Crippen LogP contribution in [0, 0.1) is 0 Å². The van der Waals surface area contributed by atoms with Gasteiger partial charge in [-0.05, 0) is 36.5 Å². The SMILES string of the molecule is C[C@@H]1O[C@@H](OC2CCCCC2)[C@@H](OCc2ccccc2)[C@H](OCc2ccccc2)[C@@H]1OCc1ccccc1. The maximum atomic E-state index is 6.65. The van der Waals surface area contributed by atoms with Gasteiger partial charge in [-0.25, -0.2) is 0 Å². The highest BCUT2D eigenvalue weighted by molar-refractivity contribution is 5.15. The van der Waals surface area contributed by atoms with E-state index in [0.717, 1.165) is 29.5 Å². The Morgan fingerprint density at radius 2 is 1.03 bits per heavy atom. The van der Waals surface area contributed by atoms with Crippen LogP contribution in [0.5, 0.6) is 0 Å². The second kappa shape index (κ2) is 14.0. The van der Waals surface area contributed by atoms with Gasteiger partial charge < -0.3 is 23.7 Å². The molecule has 5 atom stereocenters. The van der Waals surface area contributed by atoms with Crippen LogP contribution in [0.15, 0.2) is 91.0 Å². The van der Waals surface area contributed by atoms with Gasteiger partial charge in [0.2, 0.25) is 0 Å². The van der Waals surface area contributed by atoms with Crippen molar-refractivity contribution in [2.75, 3.05) is 0 Å². The van der Waals surface area contributed by atoms with Crippen molar-refractivity contribution < 1.29 is 23.7 Å². The molecule has 0 radical (unpaired) electrons. The fraction of sp³-hybridized carbons (Fsp3) is 0.455. The van der Waals surface area contributed by atoms with Gasteiger partial charge in [0.1, 0.15) is 18.3 Å². The van der Waals surface area contributed by atoms with Crippen LogP contribution in [0.1, 0.15) is 55.7 Å². The molecule has 1 heterocycles. The molecule has 1 saturated heterocycles. The summed E-state index contributed by atoms with van der Waals surface area (Å²) < 4.78 is 32.9. The molecule has 0 aromatic heterocycles. The second-order valence-corrected chi connectivity index (χ2v) is 10.4. The highest BCUT2D eigenvalue weighted by Gasteiger charge is 2.48. The number of benzene rings is 3. The molecule has 38 heavy (non-hydrogen) atoms. The standard InChI is InChI=1S/C33H40O5/c1-25-30(34-22-26-14-6-2-7-15-26)31(35-23-27-16-8-3-9-17-27)32(36-24-28-18-10-4-11-19-28)33(37-25)38-29-20-12-5-13-21-29/h2-4,6-11,14-19,25,29-33H,5,12-13,20-24H2,1H3/t25-,30+,31+,32-,33-/m0/s1. The third-order valence-corrected chi connectivity index (χ3v) is 7.46. The Morgan fingerprint density at radius 1 is 0.579 bits per heavy atom. The van der Waals surface area contributed by atoms with Crippen molar-refractivity contribution in [3.05, 3.63) is 108 Å². The molecule has 0 unspecified atom stereocenters. The molecule has 1 saturated carbocycles. The molecule has 0 spiro atoms. The summed E-state index contributed by atoms with van der Waals surface area (Å²) in [7, 11) is 0. The molecule has 5 rings (SSSR count). The monoisotopic (exact) mass is 516 g/mol. The fourth-order valence-corrected chi connectivity index (χ4v) is 5.37. The van der Waals surface area contributed by atoms with E-state index in [9.17, 15) is 0 Å². The zero-order valence-corrected chi connectivity index (χ0v) is 22.3. The third-order valence-electron chi connectivity index (χ3n) is 7.46. The Balaban J connectivity index is 1.38. The van der Waals surface area contributed by atoms with Gasteiger partial charge in [-0.15, -0.1) is 0 Å². The summed E-state index contributed by atoms with van der Waals surface area (Å²) in [4.78, 5) is 0. The van der Waals surface area contributed by atoms with E-state index in [4.69, 9.17) is 23.7 Å². The lowest BCUT2D eigenvalue weighted by Gasteiger charge is -2.46. The van der Waals surface area contributed by atoms with Crippen molar-refractivity contribution in [1.82, 2.24) is 0 Å². The zero-order valence-electron chi connectivity index (χ0n) is 22.3. The van der Waals surface area contributed by atoms with Crippen molar-refractivity contribution in [1.29, 1.82) is 0 Å². The van der Waals surface area contributed by atoms with E-state index < -0.39 is 12.4 Å². The number of ether oxygens (including phenoxy) is 5. The second-order valence-electron chi connectivity index (χ2n) is 10.4. The van der Waals surface area contributed by atoms with Gasteiger partial charge >= 0.3 is 0 Å². The molecule has 0 bridgehead atoms. The summed E-state index contributed by atoms with van der Waals surface area (Å²) in [5, 5.41) is 0. The van der Waals surface area contributed by atoms with E-state index in [-0.39, 0.29) is 24.4 Å². The summed E-state index contributed by atoms with van der Waals surface area (Å²) in [5.41, 5.74) is 3.33. The van der Waals surface area contributed by atoms with Crippen LogP contribution in [-0.2, 0) is 43.5 Å². The highest BCUT2D eigenvalue weighted by Crippen LogP contribution is 2.33. The van der Waals surface area contributed by atoms with E-state index in [0.29, 0.717) is 19.8 Å². The molecule has 2 fully saturated rings. The smallest absolute Gasteiger partial charge is 0.187 e. The summed E-state index contributed by atoms with van der Waals surface area (Å²) in [6, 6.07) is 30.7. The van der Waals surface area contributed by atoms with Gasteiger partial charge in [0, 0.05) is 0 Å². The lowest BCUT2D eigenvalue weighted by atomic mass is 9.96. The van der Waals surface area contributed by atoms with Crippen molar-refractivity contribution in [2.45, 2.75) is 95.7 Å². The number of hydrogen-bond acceptors (Lipinski definition) is 5. The minimum Gasteiger partial charge on any atom is -0.368 e. The van der Waals surface area contributed by atoms with Crippen LogP contribution in [0.4, 0.5) is 0 Å². The molecule has 5 heteroatoms. The Morgan fingerprint density at radius 3 is 1.53 bits per heavy atom. The predicted octanol–water partition coefficient (Wildman–Crippen LogP) is 6.84. The van der Waals surface area contributed by atoms with Crippen molar-refractivity contribution in [3.8, 4) is 0 Å². The summed E-state index contributed by atoms with van der Waals surface area (Å²) in [6.07, 6.45) is 4.11. The molecule has 3 aromatic rings. The molecule has 0 N–H and O–H groups in total. The van der Waals surface area contributed by atoms with Gasteiger partial charge in [0.25, 0.3) is 0 Å². The van der Waals surface area contributed by atoms with E-state index in [1.807, 2.05) is 54.6 Å². The molecular formula is C33H40O5. The quantitative estimate of drug-likeness (QED) is 0.279. The van der Waals surface area contributed by atoms with Crippen LogP contribution in [-0.4, -0.2) is 36.8 Å². The maximum Gasteiger partial charge on any atom is 0.187 e. The Kier molecular flexibility index (Phi) is 9.98. The molecular weight excluding hydrogens is 476 g/mol. The minimum atomic E-state index is -0.519. The fourth-order valence-electron chi connectivity index (χ4n) is 5.37. The van der Waals surface area contributed by atoms with Crippen LogP contribution >= 0.6 is 0 Å². The van der Waals surface area contributed by atoms with Crippen LogP contribution in [0.3, 0.4) is 0 Å². The van der Waals surface area contributed by atoms with Gasteiger partial charge in [-0.3, -0.25) is 0 Å². The van der Waals surface area contributed by atoms with Crippen LogP contribution in [0.25, 0.3) is 0 Å². The van der Waals surface area contributed by atoms with E-state index in [2.05, 4.69) is 43.3 Å². The van der Waals surface area contributed by atoms with E-state index in [1.54, 1.807) is 0 Å². The third kappa shape index (κ3) is 7.52. The summed E-state index contributed by atoms with van der Waals surface area (Å²) in [5.74, 6) is 0. The largest absolute Gasteiger partial charge is 0.368 e. The first-order chi connectivity index (χ1) is 18.8. The maximum absolute atomic E-state index is 6.65. The molecule has 2 aliphatic rings. The van der Waals surface area contributed by atoms with Crippen molar-refractivity contribution in [3.63, 3.8) is 0 Å². The summed E-state index contributed by atoms with van der Waals surface area (Å²) >= 11 is 0. The first-order valence-corrected chi connectivity index (χ1v) is 14.0. The number of rotatable bonds is 11. The lowest BCUT2D eigenvalue weighted by molar-refractivity contribution is -0.329. The summed E-state index contributed by atoms with van der Waals surface area (Å²) in [6.45, 7) is 3.44. The van der Waals surface area contributed by atoms with Crippen LogP contribution < -0.4 is 0 Å². The highest BCUT2D eigenvalue weighted by atomic mass is 16.7. The Bertz CT molecular complexity index is 1050.